The molecule has 1 heterocycles. The Morgan fingerprint density at radius 3 is 2.65 bits per heavy atom. The number of hydrogen-bond acceptors (Lipinski definition) is 4. The zero-order valence-corrected chi connectivity index (χ0v) is 14.7. The van der Waals surface area contributed by atoms with E-state index in [2.05, 4.69) is 15.5 Å². The maximum absolute atomic E-state index is 11.9. The summed E-state index contributed by atoms with van der Waals surface area (Å²) in [5, 5.41) is 20.4. The molecule has 0 saturated heterocycles. The van der Waals surface area contributed by atoms with Crippen molar-refractivity contribution >= 4 is 41.3 Å². The van der Waals surface area contributed by atoms with Crippen LogP contribution in [-0.2, 0) is 18.3 Å². The molecule has 0 aliphatic carbocycles. The molecule has 23 heavy (non-hydrogen) atoms. The van der Waals surface area contributed by atoms with E-state index in [0.29, 0.717) is 33.3 Å². The van der Waals surface area contributed by atoms with Crippen LogP contribution in [0.15, 0.2) is 18.2 Å². The number of amides is 1. The minimum absolute atomic E-state index is 0.0738. The van der Waals surface area contributed by atoms with Gasteiger partial charge < -0.3 is 15.0 Å². The van der Waals surface area contributed by atoms with Crippen molar-refractivity contribution in [1.82, 2.24) is 20.1 Å². The van der Waals surface area contributed by atoms with Crippen LogP contribution in [0, 0.1) is 4.77 Å². The third-order valence-corrected chi connectivity index (χ3v) is 4.09. The Hall–Kier alpha value is -1.41. The number of carbonyl (C=O) groups is 1. The average molecular weight is 375 g/mol. The molecule has 1 atom stereocenters. The van der Waals surface area contributed by atoms with Crippen LogP contribution >= 0.6 is 35.4 Å². The largest absolute Gasteiger partial charge is 0.388 e. The van der Waals surface area contributed by atoms with E-state index in [0.717, 1.165) is 5.82 Å². The van der Waals surface area contributed by atoms with Gasteiger partial charge in [-0.15, -0.1) is 0 Å². The van der Waals surface area contributed by atoms with E-state index in [1.807, 2.05) is 0 Å². The van der Waals surface area contributed by atoms with Crippen LogP contribution in [0.1, 0.15) is 23.9 Å². The van der Waals surface area contributed by atoms with Gasteiger partial charge in [-0.2, -0.15) is 5.10 Å². The molecular formula is C14H16Cl2N4O2S. The lowest BCUT2D eigenvalue weighted by molar-refractivity contribution is -0.123. The van der Waals surface area contributed by atoms with Gasteiger partial charge in [-0.1, -0.05) is 23.2 Å². The zero-order chi connectivity index (χ0) is 17.0. The number of benzene rings is 1. The second-order valence-electron chi connectivity index (χ2n) is 5.03. The van der Waals surface area contributed by atoms with E-state index in [4.69, 9.17) is 35.4 Å². The first kappa shape index (κ1) is 17.9. The van der Waals surface area contributed by atoms with Crippen molar-refractivity contribution in [2.45, 2.75) is 18.9 Å². The van der Waals surface area contributed by atoms with Crippen molar-refractivity contribution in [1.29, 1.82) is 0 Å². The van der Waals surface area contributed by atoms with Crippen molar-refractivity contribution in [2.24, 2.45) is 7.05 Å². The number of aliphatic hydroxyl groups excluding tert-OH is 1. The van der Waals surface area contributed by atoms with Gasteiger partial charge in [0.25, 0.3) is 0 Å². The average Bonchev–Trinajstić information content (AvgIpc) is 2.78. The van der Waals surface area contributed by atoms with Gasteiger partial charge in [0.15, 0.2) is 4.77 Å². The van der Waals surface area contributed by atoms with Crippen molar-refractivity contribution in [3.63, 3.8) is 0 Å². The van der Waals surface area contributed by atoms with Gasteiger partial charge in [0, 0.05) is 30.1 Å². The van der Waals surface area contributed by atoms with Crippen LogP contribution in [0.2, 0.25) is 10.0 Å². The standard InChI is InChI=1S/C14H16Cl2N4O2S/c1-20-12(18-19-14(20)23)2-3-17-13(22)7-11(21)8-4-9(15)6-10(16)5-8/h4-6,11,21H,2-3,7H2,1H3,(H,17,22)(H,19,23)/t11-/m1/s1. The molecule has 6 nitrogen and oxygen atoms in total. The van der Waals surface area contributed by atoms with Gasteiger partial charge in [-0.05, 0) is 36.0 Å². The normalized spacial score (nSPS) is 12.2. The SMILES string of the molecule is Cn1c(CCNC(=O)C[C@@H](O)c2cc(Cl)cc(Cl)c2)n[nH]c1=S. The summed E-state index contributed by atoms with van der Waals surface area (Å²) < 4.78 is 2.27. The van der Waals surface area contributed by atoms with Crippen LogP contribution in [0.4, 0.5) is 0 Å². The Bertz CT molecular complexity index is 739. The fraction of sp³-hybridized carbons (Fsp3) is 0.357. The first-order chi connectivity index (χ1) is 10.9. The maximum Gasteiger partial charge on any atom is 0.222 e. The number of aromatic nitrogens is 3. The minimum Gasteiger partial charge on any atom is -0.388 e. The topological polar surface area (TPSA) is 82.9 Å². The molecule has 1 aromatic carbocycles. The molecular weight excluding hydrogens is 359 g/mol. The number of nitrogens with one attached hydrogen (secondary N) is 2. The summed E-state index contributed by atoms with van der Waals surface area (Å²) in [6.07, 6.45) is -0.503. The molecule has 1 amide bonds. The van der Waals surface area contributed by atoms with Gasteiger partial charge >= 0.3 is 0 Å². The number of H-pyrrole nitrogens is 1. The van der Waals surface area contributed by atoms with Crippen LogP contribution in [0.3, 0.4) is 0 Å². The number of halogens is 2. The monoisotopic (exact) mass is 374 g/mol. The molecule has 124 valence electrons. The van der Waals surface area contributed by atoms with E-state index in [9.17, 15) is 9.90 Å². The summed E-state index contributed by atoms with van der Waals surface area (Å²) in [6.45, 7) is 0.398. The number of hydrogen-bond donors (Lipinski definition) is 3. The third-order valence-electron chi connectivity index (χ3n) is 3.29. The Labute approximate surface area is 148 Å². The number of rotatable bonds is 6. The molecule has 0 radical (unpaired) electrons. The molecule has 2 aromatic rings. The lowest BCUT2D eigenvalue weighted by atomic mass is 10.1. The predicted molar refractivity (Wildman–Crippen MR) is 91.1 cm³/mol. The first-order valence-electron chi connectivity index (χ1n) is 6.88. The zero-order valence-electron chi connectivity index (χ0n) is 12.3. The van der Waals surface area contributed by atoms with E-state index in [-0.39, 0.29) is 12.3 Å². The fourth-order valence-corrected chi connectivity index (χ4v) is 2.74. The summed E-state index contributed by atoms with van der Waals surface area (Å²) in [7, 11) is 1.80. The van der Waals surface area contributed by atoms with Gasteiger partial charge in [0.2, 0.25) is 5.91 Å². The van der Waals surface area contributed by atoms with Crippen molar-refractivity contribution < 1.29 is 9.90 Å². The molecule has 0 aliphatic rings. The van der Waals surface area contributed by atoms with Gasteiger partial charge in [0.1, 0.15) is 5.82 Å². The summed E-state index contributed by atoms with van der Waals surface area (Å²) in [5.74, 6) is 0.475. The van der Waals surface area contributed by atoms with E-state index in [1.165, 1.54) is 0 Å². The highest BCUT2D eigenvalue weighted by molar-refractivity contribution is 7.71. The quantitative estimate of drug-likeness (QED) is 0.678. The number of nitrogens with zero attached hydrogens (tertiary/aromatic N) is 2. The highest BCUT2D eigenvalue weighted by Crippen LogP contribution is 2.25. The number of aromatic amines is 1. The summed E-state index contributed by atoms with van der Waals surface area (Å²) in [5.41, 5.74) is 0.507. The Balaban J connectivity index is 1.84. The summed E-state index contributed by atoms with van der Waals surface area (Å²) in [6, 6.07) is 4.73. The summed E-state index contributed by atoms with van der Waals surface area (Å²) >= 11 is 16.8. The molecule has 0 spiro atoms. The van der Waals surface area contributed by atoms with Gasteiger partial charge in [-0.3, -0.25) is 9.89 Å². The van der Waals surface area contributed by atoms with Gasteiger partial charge in [0.05, 0.1) is 12.5 Å². The molecule has 0 saturated carbocycles. The first-order valence-corrected chi connectivity index (χ1v) is 8.04. The third kappa shape index (κ3) is 5.04. The Morgan fingerprint density at radius 1 is 1.43 bits per heavy atom. The Morgan fingerprint density at radius 2 is 2.09 bits per heavy atom. The minimum atomic E-state index is -0.966. The number of aliphatic hydroxyl groups is 1. The smallest absolute Gasteiger partial charge is 0.222 e. The van der Waals surface area contributed by atoms with Crippen molar-refractivity contribution in [3.05, 3.63) is 44.4 Å². The van der Waals surface area contributed by atoms with Crippen LogP contribution in [0.5, 0.6) is 0 Å². The number of carbonyl (C=O) groups excluding carboxylic acids is 1. The molecule has 0 fully saturated rings. The van der Waals surface area contributed by atoms with Gasteiger partial charge in [-0.25, -0.2) is 0 Å². The molecule has 3 N–H and O–H groups in total. The second kappa shape index (κ2) is 7.92. The van der Waals surface area contributed by atoms with Crippen molar-refractivity contribution in [3.8, 4) is 0 Å². The molecule has 0 bridgehead atoms. The van der Waals surface area contributed by atoms with Crippen molar-refractivity contribution in [2.75, 3.05) is 6.54 Å². The Kier molecular flexibility index (Phi) is 6.17. The lowest BCUT2D eigenvalue weighted by Crippen LogP contribution is -2.27. The molecule has 9 heteroatoms. The van der Waals surface area contributed by atoms with E-state index >= 15 is 0 Å². The molecule has 1 aromatic heterocycles. The summed E-state index contributed by atoms with van der Waals surface area (Å²) in [4.78, 5) is 11.9. The van der Waals surface area contributed by atoms with E-state index < -0.39 is 6.10 Å². The van der Waals surface area contributed by atoms with E-state index in [1.54, 1.807) is 29.8 Å². The van der Waals surface area contributed by atoms with Crippen LogP contribution < -0.4 is 5.32 Å². The van der Waals surface area contributed by atoms with Crippen LogP contribution in [0.25, 0.3) is 0 Å². The lowest BCUT2D eigenvalue weighted by Gasteiger charge is -2.12. The molecule has 2 rings (SSSR count). The van der Waals surface area contributed by atoms with Crippen LogP contribution in [-0.4, -0.2) is 32.3 Å². The second-order valence-corrected chi connectivity index (χ2v) is 6.29. The fourth-order valence-electron chi connectivity index (χ4n) is 2.05. The maximum atomic E-state index is 11.9. The predicted octanol–water partition coefficient (Wildman–Crippen LogP) is 2.57. The molecule has 0 aliphatic heterocycles. The highest BCUT2D eigenvalue weighted by atomic mass is 35.5. The highest BCUT2D eigenvalue weighted by Gasteiger charge is 2.14. The molecule has 0 unspecified atom stereocenters.